The van der Waals surface area contributed by atoms with E-state index in [1.807, 2.05) is 6.92 Å². The quantitative estimate of drug-likeness (QED) is 0.747. The molecular formula is C12H19O5P. The van der Waals surface area contributed by atoms with Gasteiger partial charge in [-0.2, -0.15) is 0 Å². The van der Waals surface area contributed by atoms with Crippen LogP contribution >= 0.6 is 7.82 Å². The van der Waals surface area contributed by atoms with Crippen molar-refractivity contribution in [1.82, 2.24) is 0 Å². The number of phosphoric acid groups is 1. The smallest absolute Gasteiger partial charge is 0.470 e. The van der Waals surface area contributed by atoms with E-state index in [4.69, 9.17) is 19.0 Å². The van der Waals surface area contributed by atoms with Gasteiger partial charge in [-0.1, -0.05) is 31.9 Å². The van der Waals surface area contributed by atoms with Gasteiger partial charge in [0.1, 0.15) is 5.75 Å². The summed E-state index contributed by atoms with van der Waals surface area (Å²) in [5.41, 5.74) is 0.743. The first-order valence-electron chi connectivity index (χ1n) is 5.84. The van der Waals surface area contributed by atoms with Crippen LogP contribution < -0.4 is 4.74 Å². The summed E-state index contributed by atoms with van der Waals surface area (Å²) in [6.45, 7) is 2.02. The van der Waals surface area contributed by atoms with Gasteiger partial charge in [-0.15, -0.1) is 0 Å². The summed E-state index contributed by atoms with van der Waals surface area (Å²) >= 11 is 0. The lowest BCUT2D eigenvalue weighted by Gasteiger charge is -2.18. The van der Waals surface area contributed by atoms with Crippen LogP contribution in [0.15, 0.2) is 24.3 Å². The molecule has 0 amide bonds. The summed E-state index contributed by atoms with van der Waals surface area (Å²) in [5.74, 6) is 0.698. The highest BCUT2D eigenvalue weighted by Gasteiger charge is 2.23. The Morgan fingerprint density at radius 2 is 1.89 bits per heavy atom. The Balaban J connectivity index is 2.83. The first kappa shape index (κ1) is 15.2. The summed E-state index contributed by atoms with van der Waals surface area (Å²) in [4.78, 5) is 17.8. The summed E-state index contributed by atoms with van der Waals surface area (Å²) in [7, 11) is -2.91. The molecule has 0 aliphatic carbocycles. The van der Waals surface area contributed by atoms with Crippen LogP contribution in [0.25, 0.3) is 0 Å². The van der Waals surface area contributed by atoms with E-state index in [1.165, 1.54) is 0 Å². The minimum Gasteiger partial charge on any atom is -0.497 e. The second kappa shape index (κ2) is 6.90. The van der Waals surface area contributed by atoms with Crippen LogP contribution in [0.5, 0.6) is 5.75 Å². The molecule has 2 N–H and O–H groups in total. The van der Waals surface area contributed by atoms with Gasteiger partial charge in [0.25, 0.3) is 0 Å². The summed E-state index contributed by atoms with van der Waals surface area (Å²) < 4.78 is 20.8. The Hall–Kier alpha value is -0.870. The summed E-state index contributed by atoms with van der Waals surface area (Å²) in [6, 6.07) is 7.01. The second-order valence-electron chi connectivity index (χ2n) is 4.00. The van der Waals surface area contributed by atoms with Gasteiger partial charge in [0.15, 0.2) is 0 Å². The molecule has 5 nitrogen and oxygen atoms in total. The molecule has 6 heteroatoms. The minimum atomic E-state index is -4.48. The molecular weight excluding hydrogens is 255 g/mol. The van der Waals surface area contributed by atoms with E-state index in [0.717, 1.165) is 18.4 Å². The molecule has 0 fully saturated rings. The molecule has 0 saturated heterocycles. The van der Waals surface area contributed by atoms with Gasteiger partial charge >= 0.3 is 7.82 Å². The fourth-order valence-corrected chi connectivity index (χ4v) is 2.21. The zero-order valence-electron chi connectivity index (χ0n) is 10.6. The Morgan fingerprint density at radius 3 is 2.33 bits per heavy atom. The number of rotatable bonds is 7. The first-order valence-corrected chi connectivity index (χ1v) is 7.37. The maximum atomic E-state index is 10.9. The zero-order valence-corrected chi connectivity index (χ0v) is 11.5. The predicted molar refractivity (Wildman–Crippen MR) is 68.4 cm³/mol. The fourth-order valence-electron chi connectivity index (χ4n) is 1.65. The van der Waals surface area contributed by atoms with E-state index in [-0.39, 0.29) is 0 Å². The number of unbranched alkanes of at least 4 members (excludes halogenated alkanes) is 1. The van der Waals surface area contributed by atoms with Gasteiger partial charge in [-0.25, -0.2) is 4.57 Å². The van der Waals surface area contributed by atoms with Crippen LogP contribution in [0, 0.1) is 0 Å². The molecule has 1 aromatic rings. The van der Waals surface area contributed by atoms with Crippen LogP contribution in [-0.2, 0) is 9.09 Å². The zero-order chi connectivity index (χ0) is 13.6. The number of phosphoric ester groups is 1. The normalized spacial score (nSPS) is 13.3. The van der Waals surface area contributed by atoms with Gasteiger partial charge in [-0.05, 0) is 24.1 Å². The molecule has 1 unspecified atom stereocenters. The number of ether oxygens (including phenoxy) is 1. The highest BCUT2D eigenvalue weighted by atomic mass is 31.2. The standard InChI is InChI=1S/C12H19O5P/c1-3-4-5-12(17-18(13,14)15)10-6-8-11(16-2)9-7-10/h6-9,12H,3-5H2,1-2H3,(H2,13,14,15). The molecule has 0 saturated carbocycles. The molecule has 0 aromatic heterocycles. The average Bonchev–Trinajstić information content (AvgIpc) is 2.33. The van der Waals surface area contributed by atoms with Crippen molar-refractivity contribution in [3.05, 3.63) is 29.8 Å². The van der Waals surface area contributed by atoms with Crippen molar-refractivity contribution in [2.24, 2.45) is 0 Å². The van der Waals surface area contributed by atoms with E-state index < -0.39 is 13.9 Å². The van der Waals surface area contributed by atoms with Gasteiger partial charge in [-0.3, -0.25) is 4.52 Å². The van der Waals surface area contributed by atoms with Crippen LogP contribution in [0.4, 0.5) is 0 Å². The van der Waals surface area contributed by atoms with E-state index in [9.17, 15) is 4.57 Å². The van der Waals surface area contributed by atoms with E-state index in [2.05, 4.69) is 0 Å². The van der Waals surface area contributed by atoms with Gasteiger partial charge < -0.3 is 14.5 Å². The molecule has 0 aliphatic heterocycles. The Bertz CT molecular complexity index is 397. The number of benzene rings is 1. The predicted octanol–water partition coefficient (Wildman–Crippen LogP) is 3.04. The van der Waals surface area contributed by atoms with E-state index in [0.29, 0.717) is 12.2 Å². The molecule has 102 valence electrons. The SMILES string of the molecule is CCCCC(OP(=O)(O)O)c1ccc(OC)cc1. The third kappa shape index (κ3) is 5.19. The maximum Gasteiger partial charge on any atom is 0.470 e. The van der Waals surface area contributed by atoms with Crippen molar-refractivity contribution in [3.63, 3.8) is 0 Å². The number of hydrogen-bond donors (Lipinski definition) is 2. The molecule has 0 radical (unpaired) electrons. The topological polar surface area (TPSA) is 76.0 Å². The van der Waals surface area contributed by atoms with Crippen LogP contribution in [0.2, 0.25) is 0 Å². The molecule has 0 bridgehead atoms. The lowest BCUT2D eigenvalue weighted by atomic mass is 10.0. The Morgan fingerprint density at radius 1 is 1.28 bits per heavy atom. The third-order valence-electron chi connectivity index (χ3n) is 2.57. The number of methoxy groups -OCH3 is 1. The molecule has 0 spiro atoms. The summed E-state index contributed by atoms with van der Waals surface area (Å²) in [5, 5.41) is 0. The average molecular weight is 274 g/mol. The Kier molecular flexibility index (Phi) is 5.82. The minimum absolute atomic E-state index is 0.577. The van der Waals surface area contributed by atoms with Crippen molar-refractivity contribution in [2.75, 3.05) is 7.11 Å². The van der Waals surface area contributed by atoms with Gasteiger partial charge in [0.2, 0.25) is 0 Å². The number of hydrogen-bond acceptors (Lipinski definition) is 3. The highest BCUT2D eigenvalue weighted by molar-refractivity contribution is 7.46. The van der Waals surface area contributed by atoms with Crippen molar-refractivity contribution in [1.29, 1.82) is 0 Å². The first-order chi connectivity index (χ1) is 8.46. The van der Waals surface area contributed by atoms with Crippen LogP contribution in [-0.4, -0.2) is 16.9 Å². The summed E-state index contributed by atoms with van der Waals surface area (Å²) in [6.07, 6.45) is 1.78. The highest BCUT2D eigenvalue weighted by Crippen LogP contribution is 2.44. The molecule has 1 rings (SSSR count). The molecule has 1 aromatic carbocycles. The molecule has 18 heavy (non-hydrogen) atoms. The van der Waals surface area contributed by atoms with Crippen LogP contribution in [0.1, 0.15) is 37.9 Å². The monoisotopic (exact) mass is 274 g/mol. The van der Waals surface area contributed by atoms with E-state index >= 15 is 0 Å². The lowest BCUT2D eigenvalue weighted by Crippen LogP contribution is -2.03. The van der Waals surface area contributed by atoms with Crippen molar-refractivity contribution >= 4 is 7.82 Å². The largest absolute Gasteiger partial charge is 0.497 e. The molecule has 1 atom stereocenters. The fraction of sp³-hybridized carbons (Fsp3) is 0.500. The van der Waals surface area contributed by atoms with Crippen LogP contribution in [0.3, 0.4) is 0 Å². The lowest BCUT2D eigenvalue weighted by molar-refractivity contribution is 0.125. The molecule has 0 aliphatic rings. The maximum absolute atomic E-state index is 10.9. The van der Waals surface area contributed by atoms with Crippen molar-refractivity contribution in [2.45, 2.75) is 32.3 Å². The van der Waals surface area contributed by atoms with Crippen molar-refractivity contribution in [3.8, 4) is 5.75 Å². The third-order valence-corrected chi connectivity index (χ3v) is 3.10. The second-order valence-corrected chi connectivity index (χ2v) is 5.19. The van der Waals surface area contributed by atoms with Gasteiger partial charge in [0, 0.05) is 0 Å². The van der Waals surface area contributed by atoms with Gasteiger partial charge in [0.05, 0.1) is 13.2 Å². The molecule has 0 heterocycles. The van der Waals surface area contributed by atoms with E-state index in [1.54, 1.807) is 31.4 Å². The van der Waals surface area contributed by atoms with Crippen molar-refractivity contribution < 1.29 is 23.6 Å². The Labute approximate surface area is 107 Å².